The maximum Gasteiger partial charge on any atom is 0.345 e. The minimum Gasteiger partial charge on any atom is -0.477 e. The minimum atomic E-state index is -3.65. The molecule has 0 bridgehead atoms. The molecule has 1 aromatic rings. The number of carboxylic acid groups (broad SMARTS) is 1. The third-order valence-corrected chi connectivity index (χ3v) is 6.40. The standard InChI is InChI=1S/C13H17NO4S2/c1-2-7-14(10-5-3-4-6-10)20(17,18)11-8-12(13(15)16)19-9-11/h2,8-10H,1,3-7H2,(H,15,16). The average molecular weight is 315 g/mol. The molecule has 2 rings (SSSR count). The van der Waals surface area contributed by atoms with Gasteiger partial charge in [-0.15, -0.1) is 17.9 Å². The molecule has 1 aliphatic carbocycles. The van der Waals surface area contributed by atoms with E-state index in [1.54, 1.807) is 6.08 Å². The summed E-state index contributed by atoms with van der Waals surface area (Å²) in [5.41, 5.74) is 0. The van der Waals surface area contributed by atoms with E-state index in [1.807, 2.05) is 0 Å². The smallest absolute Gasteiger partial charge is 0.345 e. The van der Waals surface area contributed by atoms with Crippen LogP contribution in [0.2, 0.25) is 0 Å². The van der Waals surface area contributed by atoms with E-state index in [2.05, 4.69) is 6.58 Å². The summed E-state index contributed by atoms with van der Waals surface area (Å²) in [7, 11) is -3.65. The van der Waals surface area contributed by atoms with Gasteiger partial charge in [-0.05, 0) is 18.9 Å². The monoisotopic (exact) mass is 315 g/mol. The van der Waals surface area contributed by atoms with Gasteiger partial charge in [-0.25, -0.2) is 13.2 Å². The lowest BCUT2D eigenvalue weighted by Crippen LogP contribution is -2.38. The van der Waals surface area contributed by atoms with E-state index in [4.69, 9.17) is 5.11 Å². The Bertz CT molecular complexity index is 600. The van der Waals surface area contributed by atoms with Crippen LogP contribution in [0.15, 0.2) is 29.0 Å². The molecule has 0 atom stereocenters. The highest BCUT2D eigenvalue weighted by molar-refractivity contribution is 7.89. The lowest BCUT2D eigenvalue weighted by atomic mass is 10.2. The molecule has 5 nitrogen and oxygen atoms in total. The predicted octanol–water partition coefficient (Wildman–Crippen LogP) is 2.57. The van der Waals surface area contributed by atoms with Gasteiger partial charge in [-0.2, -0.15) is 4.31 Å². The summed E-state index contributed by atoms with van der Waals surface area (Å²) >= 11 is 0.931. The second-order valence-electron chi connectivity index (χ2n) is 4.75. The highest BCUT2D eigenvalue weighted by Crippen LogP contribution is 2.30. The molecule has 0 radical (unpaired) electrons. The predicted molar refractivity (Wildman–Crippen MR) is 77.6 cm³/mol. The molecular weight excluding hydrogens is 298 g/mol. The number of aromatic carboxylic acids is 1. The topological polar surface area (TPSA) is 74.7 Å². The molecule has 1 N–H and O–H groups in total. The minimum absolute atomic E-state index is 0.00817. The van der Waals surface area contributed by atoms with Crippen LogP contribution in [0.25, 0.3) is 0 Å². The maximum absolute atomic E-state index is 12.6. The van der Waals surface area contributed by atoms with E-state index in [1.165, 1.54) is 15.8 Å². The SMILES string of the molecule is C=CCN(C1CCCC1)S(=O)(=O)c1csc(C(=O)O)c1. The van der Waals surface area contributed by atoms with E-state index >= 15 is 0 Å². The first-order valence-electron chi connectivity index (χ1n) is 6.41. The average Bonchev–Trinajstić information content (AvgIpc) is 3.06. The quantitative estimate of drug-likeness (QED) is 0.819. The van der Waals surface area contributed by atoms with Gasteiger partial charge in [-0.1, -0.05) is 18.9 Å². The Morgan fingerprint density at radius 1 is 1.50 bits per heavy atom. The molecule has 0 spiro atoms. The van der Waals surface area contributed by atoms with Gasteiger partial charge in [0.25, 0.3) is 0 Å². The third-order valence-electron chi connectivity index (χ3n) is 3.43. The summed E-state index contributed by atoms with van der Waals surface area (Å²) in [6, 6.07) is 1.22. The van der Waals surface area contributed by atoms with Crippen LogP contribution in [0.1, 0.15) is 35.4 Å². The van der Waals surface area contributed by atoms with Crippen molar-refractivity contribution in [3.63, 3.8) is 0 Å². The molecule has 0 amide bonds. The Morgan fingerprint density at radius 3 is 2.65 bits per heavy atom. The first-order valence-corrected chi connectivity index (χ1v) is 8.73. The number of thiophene rings is 1. The first-order chi connectivity index (χ1) is 9.46. The molecular formula is C13H17NO4S2. The van der Waals surface area contributed by atoms with E-state index in [0.717, 1.165) is 37.0 Å². The fourth-order valence-corrected chi connectivity index (χ4v) is 5.22. The van der Waals surface area contributed by atoms with Gasteiger partial charge in [0.2, 0.25) is 10.0 Å². The lowest BCUT2D eigenvalue weighted by Gasteiger charge is -2.26. The van der Waals surface area contributed by atoms with Crippen molar-refractivity contribution in [2.75, 3.05) is 6.54 Å². The summed E-state index contributed by atoms with van der Waals surface area (Å²) in [6.45, 7) is 3.87. The van der Waals surface area contributed by atoms with Crippen molar-refractivity contribution in [2.24, 2.45) is 0 Å². The summed E-state index contributed by atoms with van der Waals surface area (Å²) in [5, 5.41) is 10.3. The van der Waals surface area contributed by atoms with Crippen molar-refractivity contribution < 1.29 is 18.3 Å². The molecule has 7 heteroatoms. The molecule has 1 heterocycles. The summed E-state index contributed by atoms with van der Waals surface area (Å²) in [4.78, 5) is 11.0. The lowest BCUT2D eigenvalue weighted by molar-refractivity contribution is 0.0702. The molecule has 0 unspecified atom stereocenters. The molecule has 1 saturated carbocycles. The van der Waals surface area contributed by atoms with Gasteiger partial charge in [0.15, 0.2) is 0 Å². The molecule has 1 fully saturated rings. The number of hydrogen-bond donors (Lipinski definition) is 1. The normalized spacial score (nSPS) is 16.6. The first kappa shape index (κ1) is 15.2. The molecule has 0 saturated heterocycles. The second kappa shape index (κ2) is 6.07. The number of nitrogens with zero attached hydrogens (tertiary/aromatic N) is 1. The summed E-state index contributed by atoms with van der Waals surface area (Å²) < 4.78 is 26.7. The number of carboxylic acids is 1. The van der Waals surface area contributed by atoms with Crippen LogP contribution >= 0.6 is 11.3 Å². The van der Waals surface area contributed by atoms with Crippen LogP contribution in [0.5, 0.6) is 0 Å². The van der Waals surface area contributed by atoms with E-state index in [9.17, 15) is 13.2 Å². The van der Waals surface area contributed by atoms with Crippen molar-refractivity contribution in [1.82, 2.24) is 4.31 Å². The van der Waals surface area contributed by atoms with Crippen molar-refractivity contribution in [3.05, 3.63) is 29.0 Å². The fourth-order valence-electron chi connectivity index (χ4n) is 2.46. The van der Waals surface area contributed by atoms with Crippen LogP contribution in [-0.4, -0.2) is 36.4 Å². The Balaban J connectivity index is 2.33. The van der Waals surface area contributed by atoms with Crippen LogP contribution in [0, 0.1) is 0 Å². The van der Waals surface area contributed by atoms with Crippen LogP contribution in [0.4, 0.5) is 0 Å². The molecule has 1 aromatic heterocycles. The Labute approximate surface area is 122 Å². The van der Waals surface area contributed by atoms with Crippen molar-refractivity contribution >= 4 is 27.3 Å². The zero-order valence-corrected chi connectivity index (χ0v) is 12.6. The highest BCUT2D eigenvalue weighted by Gasteiger charge is 2.33. The van der Waals surface area contributed by atoms with Gasteiger partial charge in [0.05, 0.1) is 4.90 Å². The van der Waals surface area contributed by atoms with E-state index in [-0.39, 0.29) is 22.4 Å². The fraction of sp³-hybridized carbons (Fsp3) is 0.462. The summed E-state index contributed by atoms with van der Waals surface area (Å²) in [5.74, 6) is -1.10. The Hall–Kier alpha value is -1.18. The summed E-state index contributed by atoms with van der Waals surface area (Å²) in [6.07, 6.45) is 5.32. The zero-order valence-electron chi connectivity index (χ0n) is 11.0. The van der Waals surface area contributed by atoms with Crippen molar-refractivity contribution in [3.8, 4) is 0 Å². The van der Waals surface area contributed by atoms with Crippen LogP contribution < -0.4 is 0 Å². The van der Waals surface area contributed by atoms with Gasteiger partial charge in [-0.3, -0.25) is 0 Å². The largest absolute Gasteiger partial charge is 0.477 e. The molecule has 0 aromatic carbocycles. The van der Waals surface area contributed by atoms with Crippen molar-refractivity contribution in [2.45, 2.75) is 36.6 Å². The van der Waals surface area contributed by atoms with E-state index < -0.39 is 16.0 Å². The molecule has 110 valence electrons. The number of rotatable bonds is 6. The molecule has 20 heavy (non-hydrogen) atoms. The van der Waals surface area contributed by atoms with Gasteiger partial charge < -0.3 is 5.11 Å². The maximum atomic E-state index is 12.6. The number of hydrogen-bond acceptors (Lipinski definition) is 4. The van der Waals surface area contributed by atoms with Crippen LogP contribution in [-0.2, 0) is 10.0 Å². The number of sulfonamides is 1. The van der Waals surface area contributed by atoms with Gasteiger partial charge >= 0.3 is 5.97 Å². The van der Waals surface area contributed by atoms with Crippen LogP contribution in [0.3, 0.4) is 0 Å². The molecule has 0 aliphatic heterocycles. The zero-order chi connectivity index (χ0) is 14.8. The Morgan fingerprint density at radius 2 is 2.15 bits per heavy atom. The number of carbonyl (C=O) groups is 1. The van der Waals surface area contributed by atoms with Crippen molar-refractivity contribution in [1.29, 1.82) is 0 Å². The third kappa shape index (κ3) is 2.94. The van der Waals surface area contributed by atoms with E-state index in [0.29, 0.717) is 0 Å². The Kier molecular flexibility index (Phi) is 4.62. The van der Waals surface area contributed by atoms with Gasteiger partial charge in [0, 0.05) is 18.0 Å². The van der Waals surface area contributed by atoms with Gasteiger partial charge in [0.1, 0.15) is 4.88 Å². The second-order valence-corrected chi connectivity index (χ2v) is 7.56. The highest BCUT2D eigenvalue weighted by atomic mass is 32.2. The molecule has 1 aliphatic rings.